The topological polar surface area (TPSA) is 63.1 Å². The fourth-order valence-corrected chi connectivity index (χ4v) is 3.35. The normalized spacial score (nSPS) is 10.5. The van der Waals surface area contributed by atoms with Gasteiger partial charge in [-0.15, -0.1) is 0 Å². The summed E-state index contributed by atoms with van der Waals surface area (Å²) < 4.78 is 1.87. The number of anilines is 1. The number of aryl methyl sites for hydroxylation is 3. The van der Waals surface area contributed by atoms with Crippen LogP contribution in [0, 0.1) is 20.8 Å². The fraction of sp³-hybridized carbons (Fsp3) is 0.217. The van der Waals surface area contributed by atoms with E-state index >= 15 is 0 Å². The summed E-state index contributed by atoms with van der Waals surface area (Å²) in [4.78, 5) is 24.9. The summed E-state index contributed by atoms with van der Waals surface area (Å²) in [5.41, 5.74) is 5.61. The summed E-state index contributed by atoms with van der Waals surface area (Å²) in [6.45, 7) is 6.47. The maximum Gasteiger partial charge on any atom is 0.268 e. The van der Waals surface area contributed by atoms with Crippen LogP contribution in [0.4, 0.5) is 5.69 Å². The highest BCUT2D eigenvalue weighted by Gasteiger charge is 2.14. The average Bonchev–Trinajstić information content (AvgIpc) is 3.11. The minimum absolute atomic E-state index is 0.0812. The third-order valence-electron chi connectivity index (χ3n) is 4.61. The maximum atomic E-state index is 12.5. The summed E-state index contributed by atoms with van der Waals surface area (Å²) in [5.74, 6) is -0.516. The lowest BCUT2D eigenvalue weighted by Gasteiger charge is -2.14. The predicted octanol–water partition coefficient (Wildman–Crippen LogP) is 3.83. The Bertz CT molecular complexity index is 967. The summed E-state index contributed by atoms with van der Waals surface area (Å²) in [6.07, 6.45) is 1.86. The minimum Gasteiger partial charge on any atom is -0.342 e. The molecule has 2 N–H and O–H groups in total. The first-order chi connectivity index (χ1) is 13.4. The van der Waals surface area contributed by atoms with Crippen molar-refractivity contribution in [2.45, 2.75) is 27.3 Å². The third-order valence-corrected chi connectivity index (χ3v) is 4.61. The summed E-state index contributed by atoms with van der Waals surface area (Å²) in [5, 5.41) is 5.61. The van der Waals surface area contributed by atoms with Gasteiger partial charge >= 0.3 is 0 Å². The van der Waals surface area contributed by atoms with Crippen LogP contribution in [0.15, 0.2) is 60.8 Å². The molecular formula is C23H25N3O2. The number of nitrogens with zero attached hydrogens (tertiary/aromatic N) is 1. The van der Waals surface area contributed by atoms with Gasteiger partial charge in [-0.05, 0) is 49.6 Å². The van der Waals surface area contributed by atoms with Crippen LogP contribution in [0.3, 0.4) is 0 Å². The van der Waals surface area contributed by atoms with Gasteiger partial charge in [-0.1, -0.05) is 48.0 Å². The number of hydrogen-bond acceptors (Lipinski definition) is 2. The molecule has 2 amide bonds. The Hall–Kier alpha value is -3.34. The van der Waals surface area contributed by atoms with Gasteiger partial charge in [-0.25, -0.2) is 0 Å². The smallest absolute Gasteiger partial charge is 0.268 e. The van der Waals surface area contributed by atoms with Crippen molar-refractivity contribution in [3.05, 3.63) is 88.7 Å². The van der Waals surface area contributed by atoms with Gasteiger partial charge in [0, 0.05) is 18.4 Å². The van der Waals surface area contributed by atoms with Crippen molar-refractivity contribution in [1.82, 2.24) is 9.88 Å². The molecule has 0 aliphatic heterocycles. The number of aromatic nitrogens is 1. The first-order valence-corrected chi connectivity index (χ1v) is 9.29. The molecular weight excluding hydrogens is 350 g/mol. The number of benzene rings is 2. The molecule has 1 aromatic heterocycles. The zero-order chi connectivity index (χ0) is 20.1. The van der Waals surface area contributed by atoms with E-state index in [2.05, 4.69) is 10.6 Å². The number of amides is 2. The summed E-state index contributed by atoms with van der Waals surface area (Å²) >= 11 is 0. The second-order valence-corrected chi connectivity index (χ2v) is 7.01. The minimum atomic E-state index is -0.270. The van der Waals surface area contributed by atoms with Crippen LogP contribution in [-0.4, -0.2) is 22.9 Å². The molecule has 0 unspecified atom stereocenters. The number of carbonyl (C=O) groups excluding carboxylic acids is 2. The first kappa shape index (κ1) is 19.4. The van der Waals surface area contributed by atoms with Crippen LogP contribution in [0.5, 0.6) is 0 Å². The van der Waals surface area contributed by atoms with Gasteiger partial charge in [-0.3, -0.25) is 9.59 Å². The second kappa shape index (κ2) is 8.57. The van der Waals surface area contributed by atoms with Crippen molar-refractivity contribution in [3.8, 4) is 0 Å². The van der Waals surface area contributed by atoms with Crippen molar-refractivity contribution in [2.24, 2.45) is 0 Å². The van der Waals surface area contributed by atoms with Gasteiger partial charge in [0.05, 0.1) is 6.54 Å². The Labute approximate surface area is 165 Å². The molecule has 0 aliphatic carbocycles. The van der Waals surface area contributed by atoms with Crippen molar-refractivity contribution in [2.75, 3.05) is 11.9 Å². The van der Waals surface area contributed by atoms with E-state index in [-0.39, 0.29) is 18.4 Å². The number of hydrogen-bond donors (Lipinski definition) is 2. The number of nitrogens with one attached hydrogen (secondary N) is 2. The fourth-order valence-electron chi connectivity index (χ4n) is 3.35. The van der Waals surface area contributed by atoms with Crippen LogP contribution in [0.25, 0.3) is 0 Å². The Morgan fingerprint density at radius 3 is 2.29 bits per heavy atom. The molecule has 28 heavy (non-hydrogen) atoms. The van der Waals surface area contributed by atoms with Crippen LogP contribution in [0.2, 0.25) is 0 Å². The average molecular weight is 375 g/mol. The van der Waals surface area contributed by atoms with E-state index in [9.17, 15) is 9.59 Å². The van der Waals surface area contributed by atoms with E-state index in [1.54, 1.807) is 6.07 Å². The van der Waals surface area contributed by atoms with Crippen molar-refractivity contribution >= 4 is 17.5 Å². The SMILES string of the molecule is Cc1cc(C)c(NC(=O)CNC(=O)c2cccn2Cc2ccccc2)c(C)c1. The molecule has 0 bridgehead atoms. The van der Waals surface area contributed by atoms with Gasteiger partial charge in [0.2, 0.25) is 5.91 Å². The van der Waals surface area contributed by atoms with Crippen molar-refractivity contribution < 1.29 is 9.59 Å². The predicted molar refractivity (Wildman–Crippen MR) is 112 cm³/mol. The van der Waals surface area contributed by atoms with E-state index < -0.39 is 0 Å². The molecule has 3 rings (SSSR count). The molecule has 1 heterocycles. The van der Waals surface area contributed by atoms with Gasteiger partial charge < -0.3 is 15.2 Å². The van der Waals surface area contributed by atoms with Gasteiger partial charge in [0.25, 0.3) is 5.91 Å². The molecule has 0 atom stereocenters. The number of rotatable bonds is 6. The molecule has 2 aromatic carbocycles. The van der Waals surface area contributed by atoms with Crippen LogP contribution in [0.1, 0.15) is 32.7 Å². The Balaban J connectivity index is 1.61. The standard InChI is InChI=1S/C23H25N3O2/c1-16-12-17(2)22(18(3)13-16)25-21(27)14-24-23(28)20-10-7-11-26(20)15-19-8-5-4-6-9-19/h4-13H,14-15H2,1-3H3,(H,24,28)(H,25,27). The molecule has 5 nitrogen and oxygen atoms in total. The van der Waals surface area contributed by atoms with Crippen molar-refractivity contribution in [3.63, 3.8) is 0 Å². The Morgan fingerprint density at radius 1 is 0.929 bits per heavy atom. The quantitative estimate of drug-likeness (QED) is 0.688. The highest BCUT2D eigenvalue weighted by molar-refractivity contribution is 5.99. The van der Waals surface area contributed by atoms with E-state index in [1.807, 2.05) is 80.1 Å². The van der Waals surface area contributed by atoms with Gasteiger partial charge in [0.15, 0.2) is 0 Å². The molecule has 5 heteroatoms. The molecule has 0 fully saturated rings. The third kappa shape index (κ3) is 4.68. The molecule has 0 saturated carbocycles. The summed E-state index contributed by atoms with van der Waals surface area (Å²) in [7, 11) is 0. The van der Waals surface area contributed by atoms with E-state index in [0.717, 1.165) is 27.9 Å². The van der Waals surface area contributed by atoms with Gasteiger partial charge in [-0.2, -0.15) is 0 Å². The lowest BCUT2D eigenvalue weighted by atomic mass is 10.1. The lowest BCUT2D eigenvalue weighted by Crippen LogP contribution is -2.34. The van der Waals surface area contributed by atoms with E-state index in [1.165, 1.54) is 0 Å². The zero-order valence-corrected chi connectivity index (χ0v) is 16.5. The number of carbonyl (C=O) groups is 2. The maximum absolute atomic E-state index is 12.5. The zero-order valence-electron chi connectivity index (χ0n) is 16.5. The Kier molecular flexibility index (Phi) is 5.94. The molecule has 0 radical (unpaired) electrons. The van der Waals surface area contributed by atoms with Gasteiger partial charge in [0.1, 0.15) is 5.69 Å². The monoisotopic (exact) mass is 375 g/mol. The molecule has 0 spiro atoms. The summed E-state index contributed by atoms with van der Waals surface area (Å²) in [6, 6.07) is 17.6. The van der Waals surface area contributed by atoms with Crippen LogP contribution < -0.4 is 10.6 Å². The lowest BCUT2D eigenvalue weighted by molar-refractivity contribution is -0.115. The van der Waals surface area contributed by atoms with Crippen LogP contribution in [-0.2, 0) is 11.3 Å². The largest absolute Gasteiger partial charge is 0.342 e. The molecule has 144 valence electrons. The first-order valence-electron chi connectivity index (χ1n) is 9.29. The van der Waals surface area contributed by atoms with Crippen molar-refractivity contribution in [1.29, 1.82) is 0 Å². The molecule has 0 aliphatic rings. The Morgan fingerprint density at radius 2 is 1.61 bits per heavy atom. The van der Waals surface area contributed by atoms with E-state index in [4.69, 9.17) is 0 Å². The molecule has 0 saturated heterocycles. The van der Waals surface area contributed by atoms with E-state index in [0.29, 0.717) is 12.2 Å². The second-order valence-electron chi connectivity index (χ2n) is 7.01. The highest BCUT2D eigenvalue weighted by Crippen LogP contribution is 2.21. The van der Waals surface area contributed by atoms with Crippen LogP contribution >= 0.6 is 0 Å². The highest BCUT2D eigenvalue weighted by atomic mass is 16.2. The molecule has 3 aromatic rings.